The number of ether oxygens (including phenoxy) is 2. The predicted octanol–water partition coefficient (Wildman–Crippen LogP) is 5.04. The van der Waals surface area contributed by atoms with Crippen molar-refractivity contribution in [3.8, 4) is 11.5 Å². The first kappa shape index (κ1) is 20.4. The van der Waals surface area contributed by atoms with Crippen LogP contribution in [-0.2, 0) is 17.8 Å². The number of nitrogens with one attached hydrogen (secondary N) is 1. The molecule has 0 heterocycles. The number of hydrogen-bond acceptors (Lipinski definition) is 3. The van der Waals surface area contributed by atoms with Crippen LogP contribution in [0.1, 0.15) is 31.4 Å². The predicted molar refractivity (Wildman–Crippen MR) is 105 cm³/mol. The quantitative estimate of drug-likeness (QED) is 0.646. The van der Waals surface area contributed by atoms with Crippen molar-refractivity contribution in [3.05, 3.63) is 57.6 Å². The van der Waals surface area contributed by atoms with Crippen molar-refractivity contribution in [1.29, 1.82) is 0 Å². The summed E-state index contributed by atoms with van der Waals surface area (Å²) >= 11 is 11.9. The van der Waals surface area contributed by atoms with Gasteiger partial charge in [0.15, 0.2) is 11.5 Å². The van der Waals surface area contributed by atoms with Gasteiger partial charge in [-0.05, 0) is 55.7 Å². The van der Waals surface area contributed by atoms with Gasteiger partial charge in [0, 0.05) is 13.0 Å². The number of carbonyl (C=O) groups is 1. The molecule has 140 valence electrons. The largest absolute Gasteiger partial charge is 0.490 e. The van der Waals surface area contributed by atoms with Crippen molar-refractivity contribution >= 4 is 29.1 Å². The molecule has 0 bridgehead atoms. The van der Waals surface area contributed by atoms with E-state index in [2.05, 4.69) is 5.32 Å². The first-order valence-corrected chi connectivity index (χ1v) is 9.38. The van der Waals surface area contributed by atoms with E-state index < -0.39 is 0 Å². The summed E-state index contributed by atoms with van der Waals surface area (Å²) in [6.45, 7) is 5.42. The number of benzene rings is 2. The molecule has 0 radical (unpaired) electrons. The lowest BCUT2D eigenvalue weighted by Gasteiger charge is -2.13. The Hall–Kier alpha value is -1.91. The maximum absolute atomic E-state index is 12.1. The molecule has 0 fully saturated rings. The van der Waals surface area contributed by atoms with E-state index in [-0.39, 0.29) is 5.91 Å². The summed E-state index contributed by atoms with van der Waals surface area (Å²) in [5.74, 6) is 1.38. The van der Waals surface area contributed by atoms with Crippen molar-refractivity contribution in [3.63, 3.8) is 0 Å². The SMILES string of the molecule is CCOc1ccc(CNC(=O)CCc2ccc(Cl)c(Cl)c2)cc1OCC. The molecule has 0 saturated carbocycles. The Bertz CT molecular complexity index is 750. The Morgan fingerprint density at radius 3 is 2.31 bits per heavy atom. The first-order valence-electron chi connectivity index (χ1n) is 8.62. The van der Waals surface area contributed by atoms with Crippen LogP contribution in [-0.4, -0.2) is 19.1 Å². The monoisotopic (exact) mass is 395 g/mol. The Morgan fingerprint density at radius 1 is 0.923 bits per heavy atom. The third-order valence-corrected chi connectivity index (χ3v) is 4.46. The Balaban J connectivity index is 1.88. The molecule has 0 aliphatic rings. The Labute approximate surface area is 164 Å². The Kier molecular flexibility index (Phi) is 8.07. The fourth-order valence-corrected chi connectivity index (χ4v) is 2.77. The summed E-state index contributed by atoms with van der Waals surface area (Å²) in [5, 5.41) is 3.94. The fraction of sp³-hybridized carbons (Fsp3) is 0.350. The molecule has 0 aliphatic carbocycles. The molecular weight excluding hydrogens is 373 g/mol. The second-order valence-corrected chi connectivity index (χ2v) is 6.49. The number of hydrogen-bond donors (Lipinski definition) is 1. The third kappa shape index (κ3) is 6.11. The van der Waals surface area contributed by atoms with Crippen LogP contribution in [0, 0.1) is 0 Å². The van der Waals surface area contributed by atoms with Crippen LogP contribution in [0.3, 0.4) is 0 Å². The van der Waals surface area contributed by atoms with Crippen molar-refractivity contribution in [2.45, 2.75) is 33.2 Å². The topological polar surface area (TPSA) is 47.6 Å². The molecule has 0 aliphatic heterocycles. The van der Waals surface area contributed by atoms with E-state index in [1.807, 2.05) is 38.1 Å². The molecule has 1 N–H and O–H groups in total. The molecule has 0 saturated heterocycles. The van der Waals surface area contributed by atoms with Gasteiger partial charge in [-0.25, -0.2) is 0 Å². The average molecular weight is 396 g/mol. The summed E-state index contributed by atoms with van der Waals surface area (Å²) in [4.78, 5) is 12.1. The van der Waals surface area contributed by atoms with Gasteiger partial charge in [0.05, 0.1) is 23.3 Å². The molecule has 4 nitrogen and oxygen atoms in total. The van der Waals surface area contributed by atoms with Crippen LogP contribution in [0.4, 0.5) is 0 Å². The normalized spacial score (nSPS) is 10.5. The number of amides is 1. The van der Waals surface area contributed by atoms with E-state index >= 15 is 0 Å². The van der Waals surface area contributed by atoms with E-state index in [1.54, 1.807) is 12.1 Å². The van der Waals surface area contributed by atoms with Crippen LogP contribution >= 0.6 is 23.2 Å². The standard InChI is InChI=1S/C20H23Cl2NO3/c1-3-25-18-9-6-15(12-19(18)26-4-2)13-23-20(24)10-7-14-5-8-16(21)17(22)11-14/h5-6,8-9,11-12H,3-4,7,10,13H2,1-2H3,(H,23,24). The molecule has 6 heteroatoms. The van der Waals surface area contributed by atoms with Gasteiger partial charge in [-0.3, -0.25) is 4.79 Å². The van der Waals surface area contributed by atoms with Crippen LogP contribution in [0.2, 0.25) is 10.0 Å². The van der Waals surface area contributed by atoms with Crippen molar-refractivity contribution in [1.82, 2.24) is 5.32 Å². The van der Waals surface area contributed by atoms with Crippen LogP contribution < -0.4 is 14.8 Å². The van der Waals surface area contributed by atoms with Gasteiger partial charge in [0.25, 0.3) is 0 Å². The van der Waals surface area contributed by atoms with Gasteiger partial charge in [-0.1, -0.05) is 35.3 Å². The maximum atomic E-state index is 12.1. The highest BCUT2D eigenvalue weighted by Crippen LogP contribution is 2.28. The molecule has 1 amide bonds. The number of rotatable bonds is 9. The van der Waals surface area contributed by atoms with Crippen molar-refractivity contribution in [2.24, 2.45) is 0 Å². The molecular formula is C20H23Cl2NO3. The van der Waals surface area contributed by atoms with Crippen LogP contribution in [0.5, 0.6) is 11.5 Å². The van der Waals surface area contributed by atoms with Gasteiger partial charge < -0.3 is 14.8 Å². The summed E-state index contributed by atoms with van der Waals surface area (Å²) in [6.07, 6.45) is 0.990. The van der Waals surface area contributed by atoms with Crippen LogP contribution in [0.15, 0.2) is 36.4 Å². The third-order valence-electron chi connectivity index (χ3n) is 3.72. The lowest BCUT2D eigenvalue weighted by atomic mass is 10.1. The van der Waals surface area contributed by atoms with E-state index in [9.17, 15) is 4.79 Å². The minimum atomic E-state index is -0.0251. The number of halogens is 2. The van der Waals surface area contributed by atoms with E-state index in [1.165, 1.54) is 0 Å². The smallest absolute Gasteiger partial charge is 0.220 e. The van der Waals surface area contributed by atoms with E-state index in [0.717, 1.165) is 11.1 Å². The molecule has 0 unspecified atom stereocenters. The van der Waals surface area contributed by atoms with Crippen molar-refractivity contribution < 1.29 is 14.3 Å². The zero-order valence-electron chi connectivity index (χ0n) is 15.0. The van der Waals surface area contributed by atoms with Gasteiger partial charge in [0.2, 0.25) is 5.91 Å². The lowest BCUT2D eigenvalue weighted by molar-refractivity contribution is -0.121. The second kappa shape index (κ2) is 10.3. The van der Waals surface area contributed by atoms with E-state index in [0.29, 0.717) is 54.1 Å². The molecule has 2 aromatic carbocycles. The zero-order chi connectivity index (χ0) is 18.9. The second-order valence-electron chi connectivity index (χ2n) is 5.67. The summed E-state index contributed by atoms with van der Waals surface area (Å²) in [7, 11) is 0. The van der Waals surface area contributed by atoms with Gasteiger partial charge >= 0.3 is 0 Å². The van der Waals surface area contributed by atoms with Gasteiger partial charge in [-0.15, -0.1) is 0 Å². The zero-order valence-corrected chi connectivity index (χ0v) is 16.5. The molecule has 26 heavy (non-hydrogen) atoms. The highest BCUT2D eigenvalue weighted by Gasteiger charge is 2.08. The summed E-state index contributed by atoms with van der Waals surface area (Å²) in [5.41, 5.74) is 1.94. The fourth-order valence-electron chi connectivity index (χ4n) is 2.45. The summed E-state index contributed by atoms with van der Waals surface area (Å²) in [6, 6.07) is 11.1. The average Bonchev–Trinajstić information content (AvgIpc) is 2.63. The highest BCUT2D eigenvalue weighted by molar-refractivity contribution is 6.42. The minimum absolute atomic E-state index is 0.0251. The van der Waals surface area contributed by atoms with Crippen LogP contribution in [0.25, 0.3) is 0 Å². The maximum Gasteiger partial charge on any atom is 0.220 e. The molecule has 2 rings (SSSR count). The molecule has 0 spiro atoms. The minimum Gasteiger partial charge on any atom is -0.490 e. The molecule has 2 aromatic rings. The summed E-state index contributed by atoms with van der Waals surface area (Å²) < 4.78 is 11.1. The van der Waals surface area contributed by atoms with Gasteiger partial charge in [-0.2, -0.15) is 0 Å². The molecule has 0 aromatic heterocycles. The first-order chi connectivity index (χ1) is 12.5. The van der Waals surface area contributed by atoms with Gasteiger partial charge in [0.1, 0.15) is 0 Å². The number of carbonyl (C=O) groups excluding carboxylic acids is 1. The Morgan fingerprint density at radius 2 is 1.62 bits per heavy atom. The van der Waals surface area contributed by atoms with E-state index in [4.69, 9.17) is 32.7 Å². The highest BCUT2D eigenvalue weighted by atomic mass is 35.5. The molecule has 0 atom stereocenters. The lowest BCUT2D eigenvalue weighted by Crippen LogP contribution is -2.23. The number of aryl methyl sites for hydroxylation is 1. The van der Waals surface area contributed by atoms with Crippen molar-refractivity contribution in [2.75, 3.05) is 13.2 Å².